The molecule has 2 nitrogen and oxygen atoms in total. The van der Waals surface area contributed by atoms with Crippen LogP contribution >= 0.6 is 34.4 Å². The van der Waals surface area contributed by atoms with Gasteiger partial charge in [-0.15, -0.1) is 0 Å². The highest BCUT2D eigenvalue weighted by Crippen LogP contribution is 2.27. The second-order valence-corrected chi connectivity index (χ2v) is 6.79. The van der Waals surface area contributed by atoms with Gasteiger partial charge in [-0.25, -0.2) is 4.39 Å². The number of nitrogens with zero attached hydrogens (tertiary/aromatic N) is 1. The molecule has 2 unspecified atom stereocenters. The summed E-state index contributed by atoms with van der Waals surface area (Å²) in [5, 5.41) is 4.78. The maximum absolute atomic E-state index is 13.0. The average molecular weight is 364 g/mol. The Morgan fingerprint density at radius 2 is 2.24 bits per heavy atom. The molecule has 2 rings (SSSR count). The lowest BCUT2D eigenvalue weighted by Gasteiger charge is -2.23. The minimum Gasteiger partial charge on any atom is -0.334 e. The van der Waals surface area contributed by atoms with Gasteiger partial charge in [-0.3, -0.25) is 4.99 Å². The minimum absolute atomic E-state index is 0.208. The number of thioether (sulfide) groups is 1. The number of benzene rings is 1. The Bertz CT molecular complexity index is 450. The molecule has 0 saturated heterocycles. The molecule has 17 heavy (non-hydrogen) atoms. The van der Waals surface area contributed by atoms with Gasteiger partial charge < -0.3 is 5.32 Å². The molecule has 1 aromatic rings. The average Bonchev–Trinajstić information content (AvgIpc) is 2.21. The van der Waals surface area contributed by atoms with Crippen LogP contribution in [0, 0.1) is 9.39 Å². The molecule has 0 spiro atoms. The lowest BCUT2D eigenvalue weighted by molar-refractivity contribution is 0.627. The Kier molecular flexibility index (Phi) is 4.30. The largest absolute Gasteiger partial charge is 0.334 e. The van der Waals surface area contributed by atoms with Gasteiger partial charge in [-0.2, -0.15) is 0 Å². The molecule has 0 aromatic heterocycles. The van der Waals surface area contributed by atoms with Crippen molar-refractivity contribution in [3.8, 4) is 0 Å². The van der Waals surface area contributed by atoms with Crippen molar-refractivity contribution in [2.45, 2.75) is 31.6 Å². The lowest BCUT2D eigenvalue weighted by atomic mass is 10.2. The molecule has 92 valence electrons. The van der Waals surface area contributed by atoms with E-state index in [0.717, 1.165) is 20.8 Å². The SMILES string of the molecule is CC1CC(C)SC(Nc2ccc(F)cc2I)=N1. The summed E-state index contributed by atoms with van der Waals surface area (Å²) in [6.45, 7) is 4.32. The molecule has 1 N–H and O–H groups in total. The van der Waals surface area contributed by atoms with E-state index in [9.17, 15) is 4.39 Å². The zero-order valence-corrected chi connectivity index (χ0v) is 12.7. The van der Waals surface area contributed by atoms with Crippen LogP contribution < -0.4 is 5.32 Å². The second-order valence-electron chi connectivity index (χ2n) is 4.20. The van der Waals surface area contributed by atoms with Crippen LogP contribution in [-0.4, -0.2) is 16.5 Å². The van der Waals surface area contributed by atoms with Crippen molar-refractivity contribution in [2.24, 2.45) is 4.99 Å². The topological polar surface area (TPSA) is 24.4 Å². The van der Waals surface area contributed by atoms with Gasteiger partial charge in [-0.1, -0.05) is 18.7 Å². The summed E-state index contributed by atoms with van der Waals surface area (Å²) in [4.78, 5) is 4.56. The van der Waals surface area contributed by atoms with Gasteiger partial charge in [-0.05, 0) is 54.1 Å². The summed E-state index contributed by atoms with van der Waals surface area (Å²) in [5.74, 6) is -0.208. The number of hydrogen-bond acceptors (Lipinski definition) is 3. The Balaban J connectivity index is 2.15. The van der Waals surface area contributed by atoms with E-state index in [2.05, 4.69) is 46.7 Å². The van der Waals surface area contributed by atoms with E-state index in [1.807, 2.05) is 0 Å². The van der Waals surface area contributed by atoms with Crippen LogP contribution in [0.2, 0.25) is 0 Å². The smallest absolute Gasteiger partial charge is 0.161 e. The summed E-state index contributed by atoms with van der Waals surface area (Å²) in [7, 11) is 0. The summed E-state index contributed by atoms with van der Waals surface area (Å²) >= 11 is 3.87. The van der Waals surface area contributed by atoms with Gasteiger partial charge in [0.2, 0.25) is 0 Å². The van der Waals surface area contributed by atoms with E-state index in [0.29, 0.717) is 11.3 Å². The molecule has 0 amide bonds. The van der Waals surface area contributed by atoms with E-state index >= 15 is 0 Å². The van der Waals surface area contributed by atoms with Crippen LogP contribution in [0.15, 0.2) is 23.2 Å². The normalized spacial score (nSPS) is 24.4. The lowest BCUT2D eigenvalue weighted by Crippen LogP contribution is -2.23. The van der Waals surface area contributed by atoms with Crippen LogP contribution in [0.3, 0.4) is 0 Å². The van der Waals surface area contributed by atoms with E-state index in [1.54, 1.807) is 17.8 Å². The molecule has 1 heterocycles. The fraction of sp³-hybridized carbons (Fsp3) is 0.417. The van der Waals surface area contributed by atoms with Gasteiger partial charge in [0.1, 0.15) is 5.82 Å². The van der Waals surface area contributed by atoms with Crippen molar-refractivity contribution < 1.29 is 4.39 Å². The molecule has 1 aliphatic heterocycles. The maximum atomic E-state index is 13.0. The Morgan fingerprint density at radius 3 is 2.88 bits per heavy atom. The third-order valence-corrected chi connectivity index (χ3v) is 4.41. The molecule has 0 radical (unpaired) electrons. The Labute approximate surface area is 119 Å². The molecule has 0 aliphatic carbocycles. The first kappa shape index (κ1) is 13.1. The summed E-state index contributed by atoms with van der Waals surface area (Å²) in [6.07, 6.45) is 1.11. The molecule has 1 aromatic carbocycles. The Hall–Kier alpha value is -0.300. The van der Waals surface area contributed by atoms with Crippen molar-refractivity contribution in [3.05, 3.63) is 27.6 Å². The number of anilines is 1. The maximum Gasteiger partial charge on any atom is 0.161 e. The first-order chi connectivity index (χ1) is 8.04. The number of nitrogens with one attached hydrogen (secondary N) is 1. The van der Waals surface area contributed by atoms with E-state index in [-0.39, 0.29) is 5.82 Å². The quantitative estimate of drug-likeness (QED) is 0.759. The number of hydrogen-bond donors (Lipinski definition) is 1. The molecule has 0 saturated carbocycles. The molecule has 0 fully saturated rings. The van der Waals surface area contributed by atoms with Crippen molar-refractivity contribution in [1.82, 2.24) is 0 Å². The Morgan fingerprint density at radius 1 is 1.47 bits per heavy atom. The van der Waals surface area contributed by atoms with Crippen molar-refractivity contribution in [2.75, 3.05) is 5.32 Å². The molecular formula is C12H14FIN2S. The number of aliphatic imine (C=N–C) groups is 1. The number of rotatable bonds is 1. The molecule has 5 heteroatoms. The van der Waals surface area contributed by atoms with Crippen molar-refractivity contribution in [1.29, 1.82) is 0 Å². The highest BCUT2D eigenvalue weighted by molar-refractivity contribution is 14.1. The zero-order chi connectivity index (χ0) is 12.4. The highest BCUT2D eigenvalue weighted by atomic mass is 127. The van der Waals surface area contributed by atoms with Gasteiger partial charge in [0.05, 0.1) is 11.7 Å². The van der Waals surface area contributed by atoms with E-state index < -0.39 is 0 Å². The molecule has 2 atom stereocenters. The highest BCUT2D eigenvalue weighted by Gasteiger charge is 2.18. The van der Waals surface area contributed by atoms with Crippen LogP contribution in [0.5, 0.6) is 0 Å². The van der Waals surface area contributed by atoms with Crippen LogP contribution in [0.4, 0.5) is 10.1 Å². The first-order valence-corrected chi connectivity index (χ1v) is 7.47. The van der Waals surface area contributed by atoms with Gasteiger partial charge in [0.25, 0.3) is 0 Å². The summed E-state index contributed by atoms with van der Waals surface area (Å²) in [5.41, 5.74) is 0.916. The van der Waals surface area contributed by atoms with Crippen LogP contribution in [0.1, 0.15) is 20.3 Å². The standard InChI is InChI=1S/C12H14FIN2S/c1-7-5-8(2)17-12(15-7)16-11-4-3-9(13)6-10(11)14/h3-4,6-8H,5H2,1-2H3,(H,15,16). The third-order valence-electron chi connectivity index (χ3n) is 2.50. The van der Waals surface area contributed by atoms with Crippen LogP contribution in [0.25, 0.3) is 0 Å². The molecular weight excluding hydrogens is 350 g/mol. The van der Waals surface area contributed by atoms with Gasteiger partial charge in [0.15, 0.2) is 5.17 Å². The predicted molar refractivity (Wildman–Crippen MR) is 81.3 cm³/mol. The van der Waals surface area contributed by atoms with Gasteiger partial charge >= 0.3 is 0 Å². The predicted octanol–water partition coefficient (Wildman–Crippen LogP) is 4.11. The fourth-order valence-electron chi connectivity index (χ4n) is 1.77. The zero-order valence-electron chi connectivity index (χ0n) is 9.71. The van der Waals surface area contributed by atoms with E-state index in [1.165, 1.54) is 12.1 Å². The summed E-state index contributed by atoms with van der Waals surface area (Å²) < 4.78 is 13.9. The van der Waals surface area contributed by atoms with Crippen LogP contribution in [-0.2, 0) is 0 Å². The monoisotopic (exact) mass is 364 g/mol. The van der Waals surface area contributed by atoms with Crippen molar-refractivity contribution >= 4 is 45.2 Å². The second kappa shape index (κ2) is 5.56. The molecule has 1 aliphatic rings. The number of halogens is 2. The number of amidine groups is 1. The minimum atomic E-state index is -0.208. The fourth-order valence-corrected chi connectivity index (χ4v) is 3.55. The summed E-state index contributed by atoms with van der Waals surface area (Å²) in [6, 6.07) is 5.09. The van der Waals surface area contributed by atoms with Crippen molar-refractivity contribution in [3.63, 3.8) is 0 Å². The van der Waals surface area contributed by atoms with E-state index in [4.69, 9.17) is 0 Å². The van der Waals surface area contributed by atoms with Gasteiger partial charge in [0, 0.05) is 8.82 Å². The molecule has 0 bridgehead atoms. The third kappa shape index (κ3) is 3.58. The first-order valence-electron chi connectivity index (χ1n) is 5.51.